The Hall–Kier alpha value is -1.85. The molecule has 0 spiro atoms. The van der Waals surface area contributed by atoms with E-state index in [4.69, 9.17) is 4.74 Å². The maximum atomic E-state index is 9.77. The zero-order valence-corrected chi connectivity index (χ0v) is 15.7. The highest BCUT2D eigenvalue weighted by Gasteiger charge is 2.28. The Labute approximate surface area is 150 Å². The summed E-state index contributed by atoms with van der Waals surface area (Å²) in [5, 5.41) is 10.9. The van der Waals surface area contributed by atoms with E-state index in [9.17, 15) is 5.11 Å². The standard InChI is InChI=1S/C20H29N3O2/c1-5-16-13-23(10-9-22(16)12-15(3)24)20-14(2)11-21-19-17(20)7-6-8-18(19)25-4/h6-8,11,15-16,24H,5,9-10,12-13H2,1-4H3. The van der Waals surface area contributed by atoms with Crippen molar-refractivity contribution in [3.05, 3.63) is 30.0 Å². The molecular weight excluding hydrogens is 314 g/mol. The predicted molar refractivity (Wildman–Crippen MR) is 103 cm³/mol. The first-order valence-electron chi connectivity index (χ1n) is 9.14. The molecule has 3 rings (SSSR count). The Bertz CT molecular complexity index is 732. The van der Waals surface area contributed by atoms with Crippen LogP contribution in [0.1, 0.15) is 25.8 Å². The molecule has 0 amide bonds. The Kier molecular flexibility index (Phi) is 5.45. The Morgan fingerprint density at radius 3 is 2.84 bits per heavy atom. The molecule has 5 heteroatoms. The number of hydrogen-bond donors (Lipinski definition) is 1. The fraction of sp³-hybridized carbons (Fsp3) is 0.550. The van der Waals surface area contributed by atoms with Crippen LogP contribution in [0.2, 0.25) is 0 Å². The number of hydrogen-bond acceptors (Lipinski definition) is 5. The molecule has 25 heavy (non-hydrogen) atoms. The van der Waals surface area contributed by atoms with Gasteiger partial charge in [-0.3, -0.25) is 9.88 Å². The Morgan fingerprint density at radius 2 is 2.16 bits per heavy atom. The lowest BCUT2D eigenvalue weighted by Crippen LogP contribution is -2.54. The molecule has 1 fully saturated rings. The van der Waals surface area contributed by atoms with Gasteiger partial charge >= 0.3 is 0 Å². The Balaban J connectivity index is 1.96. The lowest BCUT2D eigenvalue weighted by Gasteiger charge is -2.43. The van der Waals surface area contributed by atoms with Crippen LogP contribution in [0, 0.1) is 6.92 Å². The van der Waals surface area contributed by atoms with Gasteiger partial charge in [-0.2, -0.15) is 0 Å². The fourth-order valence-electron chi connectivity index (χ4n) is 3.93. The van der Waals surface area contributed by atoms with Crippen LogP contribution < -0.4 is 9.64 Å². The minimum atomic E-state index is -0.284. The summed E-state index contributed by atoms with van der Waals surface area (Å²) >= 11 is 0. The molecule has 1 aromatic carbocycles. The van der Waals surface area contributed by atoms with E-state index in [0.717, 1.165) is 49.3 Å². The zero-order valence-electron chi connectivity index (χ0n) is 15.7. The number of aromatic nitrogens is 1. The smallest absolute Gasteiger partial charge is 0.145 e. The van der Waals surface area contributed by atoms with Crippen LogP contribution in [0.3, 0.4) is 0 Å². The first-order valence-corrected chi connectivity index (χ1v) is 9.14. The third-order valence-corrected chi connectivity index (χ3v) is 5.13. The molecule has 1 N–H and O–H groups in total. The highest BCUT2D eigenvalue weighted by atomic mass is 16.5. The highest BCUT2D eigenvalue weighted by Crippen LogP contribution is 2.34. The molecule has 0 aliphatic carbocycles. The number of fused-ring (bicyclic) bond motifs is 1. The SMILES string of the molecule is CCC1CN(c2c(C)cnc3c(OC)cccc23)CCN1CC(C)O. The number of ether oxygens (including phenoxy) is 1. The number of aliphatic hydroxyl groups excluding tert-OH is 1. The fourth-order valence-corrected chi connectivity index (χ4v) is 3.93. The number of rotatable bonds is 5. The van der Waals surface area contributed by atoms with Crippen LogP contribution in [0.15, 0.2) is 24.4 Å². The van der Waals surface area contributed by atoms with Gasteiger partial charge in [-0.1, -0.05) is 19.1 Å². The molecule has 1 aliphatic rings. The van der Waals surface area contributed by atoms with E-state index in [1.165, 1.54) is 11.3 Å². The van der Waals surface area contributed by atoms with Gasteiger partial charge in [0.05, 0.1) is 18.9 Å². The van der Waals surface area contributed by atoms with E-state index in [1.54, 1.807) is 7.11 Å². The second-order valence-electron chi connectivity index (χ2n) is 7.00. The van der Waals surface area contributed by atoms with Crippen LogP contribution in [-0.2, 0) is 0 Å². The van der Waals surface area contributed by atoms with Crippen molar-refractivity contribution < 1.29 is 9.84 Å². The van der Waals surface area contributed by atoms with Crippen LogP contribution in [0.4, 0.5) is 5.69 Å². The summed E-state index contributed by atoms with van der Waals surface area (Å²) in [7, 11) is 1.69. The molecule has 0 bridgehead atoms. The number of para-hydroxylation sites is 1. The number of pyridine rings is 1. The van der Waals surface area contributed by atoms with Crippen LogP contribution >= 0.6 is 0 Å². The zero-order chi connectivity index (χ0) is 18.0. The number of nitrogens with zero attached hydrogens (tertiary/aromatic N) is 3. The van der Waals surface area contributed by atoms with Crippen molar-refractivity contribution in [3.8, 4) is 5.75 Å². The Morgan fingerprint density at radius 1 is 1.36 bits per heavy atom. The molecule has 2 atom stereocenters. The molecule has 0 radical (unpaired) electrons. The summed E-state index contributed by atoms with van der Waals surface area (Å²) in [6.45, 7) is 9.87. The van der Waals surface area contributed by atoms with E-state index < -0.39 is 0 Å². The number of anilines is 1. The van der Waals surface area contributed by atoms with Gasteiger partial charge in [0.25, 0.3) is 0 Å². The van der Waals surface area contributed by atoms with Gasteiger partial charge in [-0.25, -0.2) is 0 Å². The number of benzene rings is 1. The van der Waals surface area contributed by atoms with E-state index in [2.05, 4.69) is 34.7 Å². The largest absolute Gasteiger partial charge is 0.494 e. The number of β-amino-alcohol motifs (C(OH)–C–C–N with tert-alkyl or cyclic N) is 1. The van der Waals surface area contributed by atoms with Crippen molar-refractivity contribution in [2.45, 2.75) is 39.3 Å². The van der Waals surface area contributed by atoms with Gasteiger partial charge in [-0.15, -0.1) is 0 Å². The van der Waals surface area contributed by atoms with Crippen molar-refractivity contribution >= 4 is 16.6 Å². The molecule has 2 unspecified atom stereocenters. The monoisotopic (exact) mass is 343 g/mol. The van der Waals surface area contributed by atoms with Crippen molar-refractivity contribution in [2.75, 3.05) is 38.2 Å². The van der Waals surface area contributed by atoms with E-state index >= 15 is 0 Å². The lowest BCUT2D eigenvalue weighted by atomic mass is 10.0. The number of piperazine rings is 1. The molecule has 1 saturated heterocycles. The first-order chi connectivity index (χ1) is 12.0. The van der Waals surface area contributed by atoms with Gasteiger partial charge in [0, 0.05) is 43.8 Å². The molecule has 0 saturated carbocycles. The molecule has 136 valence electrons. The van der Waals surface area contributed by atoms with Gasteiger partial charge in [0.15, 0.2) is 0 Å². The van der Waals surface area contributed by atoms with E-state index in [1.807, 2.05) is 25.3 Å². The van der Waals surface area contributed by atoms with Gasteiger partial charge in [-0.05, 0) is 31.9 Å². The molecule has 2 aromatic rings. The van der Waals surface area contributed by atoms with Crippen molar-refractivity contribution in [1.82, 2.24) is 9.88 Å². The van der Waals surface area contributed by atoms with Crippen LogP contribution in [0.5, 0.6) is 5.75 Å². The minimum Gasteiger partial charge on any atom is -0.494 e. The average molecular weight is 343 g/mol. The summed E-state index contributed by atoms with van der Waals surface area (Å²) in [5.41, 5.74) is 3.38. The maximum absolute atomic E-state index is 9.77. The molecule has 1 aliphatic heterocycles. The minimum absolute atomic E-state index is 0.284. The van der Waals surface area contributed by atoms with Crippen LogP contribution in [0.25, 0.3) is 10.9 Å². The summed E-state index contributed by atoms with van der Waals surface area (Å²) in [5.74, 6) is 0.818. The number of aliphatic hydroxyl groups is 1. The normalized spacial score (nSPS) is 20.0. The molecule has 2 heterocycles. The summed E-state index contributed by atoms with van der Waals surface area (Å²) in [6, 6.07) is 6.59. The van der Waals surface area contributed by atoms with E-state index in [-0.39, 0.29) is 6.10 Å². The molecular formula is C20H29N3O2. The van der Waals surface area contributed by atoms with Crippen molar-refractivity contribution in [1.29, 1.82) is 0 Å². The average Bonchev–Trinajstić information content (AvgIpc) is 2.61. The van der Waals surface area contributed by atoms with Gasteiger partial charge < -0.3 is 14.7 Å². The predicted octanol–water partition coefficient (Wildman–Crippen LogP) is 2.83. The molecule has 5 nitrogen and oxygen atoms in total. The lowest BCUT2D eigenvalue weighted by molar-refractivity contribution is 0.0886. The topological polar surface area (TPSA) is 48.8 Å². The van der Waals surface area contributed by atoms with Gasteiger partial charge in [0.2, 0.25) is 0 Å². The number of aryl methyl sites for hydroxylation is 1. The second-order valence-corrected chi connectivity index (χ2v) is 7.00. The third kappa shape index (κ3) is 3.58. The van der Waals surface area contributed by atoms with Crippen LogP contribution in [-0.4, -0.2) is 60.4 Å². The van der Waals surface area contributed by atoms with Crippen molar-refractivity contribution in [2.24, 2.45) is 0 Å². The first kappa shape index (κ1) is 18.0. The highest BCUT2D eigenvalue weighted by molar-refractivity contribution is 5.96. The third-order valence-electron chi connectivity index (χ3n) is 5.13. The maximum Gasteiger partial charge on any atom is 0.145 e. The summed E-state index contributed by atoms with van der Waals surface area (Å²) in [4.78, 5) is 9.50. The summed E-state index contributed by atoms with van der Waals surface area (Å²) in [6.07, 6.45) is 2.74. The van der Waals surface area contributed by atoms with Crippen molar-refractivity contribution in [3.63, 3.8) is 0 Å². The van der Waals surface area contributed by atoms with Gasteiger partial charge in [0.1, 0.15) is 11.3 Å². The quantitative estimate of drug-likeness (QED) is 0.905. The number of methoxy groups -OCH3 is 1. The molecule has 1 aromatic heterocycles. The van der Waals surface area contributed by atoms with E-state index in [0.29, 0.717) is 6.04 Å². The summed E-state index contributed by atoms with van der Waals surface area (Å²) < 4.78 is 5.50. The second kappa shape index (κ2) is 7.58.